The predicted molar refractivity (Wildman–Crippen MR) is 110 cm³/mol. The van der Waals surface area contributed by atoms with Gasteiger partial charge in [-0.1, -0.05) is 12.5 Å². The van der Waals surface area contributed by atoms with E-state index in [1.54, 1.807) is 18.3 Å². The number of carboxylic acids is 1. The lowest BCUT2D eigenvalue weighted by molar-refractivity contribution is -0.157. The number of aliphatic carboxylic acids is 1. The Kier molecular flexibility index (Phi) is 5.83. The van der Waals surface area contributed by atoms with E-state index in [1.807, 2.05) is 6.92 Å². The van der Waals surface area contributed by atoms with E-state index in [0.29, 0.717) is 24.3 Å². The number of pyridine rings is 2. The SMILES string of the molecule is Cc1cc(OCC2(C(=O)O)CCC2)ncc1-c1ccc(-c2nc(C(F)(F)F)cn2CO)nc1. The highest BCUT2D eigenvalue weighted by Crippen LogP contribution is 2.41. The zero-order valence-corrected chi connectivity index (χ0v) is 17.6. The van der Waals surface area contributed by atoms with Gasteiger partial charge in [0, 0.05) is 35.8 Å². The lowest BCUT2D eigenvalue weighted by Gasteiger charge is -2.36. The average Bonchev–Trinajstić information content (AvgIpc) is 3.18. The Balaban J connectivity index is 1.52. The van der Waals surface area contributed by atoms with Crippen LogP contribution in [0.15, 0.2) is 36.8 Å². The number of aliphatic hydroxyl groups is 1. The number of aliphatic hydroxyl groups excluding tert-OH is 1. The number of hydrogen-bond acceptors (Lipinski definition) is 6. The minimum atomic E-state index is -4.63. The summed E-state index contributed by atoms with van der Waals surface area (Å²) in [6.07, 6.45) is 1.18. The van der Waals surface area contributed by atoms with Gasteiger partial charge in [0.25, 0.3) is 0 Å². The van der Waals surface area contributed by atoms with Crippen LogP contribution in [0.5, 0.6) is 5.88 Å². The van der Waals surface area contributed by atoms with Gasteiger partial charge in [0.05, 0.1) is 0 Å². The van der Waals surface area contributed by atoms with E-state index in [2.05, 4.69) is 15.0 Å². The van der Waals surface area contributed by atoms with Crippen LogP contribution in [-0.2, 0) is 17.7 Å². The second-order valence-corrected chi connectivity index (χ2v) is 8.06. The van der Waals surface area contributed by atoms with Crippen molar-refractivity contribution in [2.45, 2.75) is 39.1 Å². The molecular weight excluding hydrogens is 441 g/mol. The molecule has 3 aromatic rings. The van der Waals surface area contributed by atoms with Crippen LogP contribution in [0.1, 0.15) is 30.5 Å². The number of aryl methyl sites for hydroxylation is 1. The first-order chi connectivity index (χ1) is 15.6. The number of ether oxygens (including phenoxy) is 1. The molecule has 2 N–H and O–H groups in total. The second kappa shape index (κ2) is 8.47. The maximum atomic E-state index is 13.0. The molecule has 0 amide bonds. The van der Waals surface area contributed by atoms with E-state index in [4.69, 9.17) is 4.74 Å². The zero-order chi connectivity index (χ0) is 23.8. The molecule has 0 spiro atoms. The first-order valence-electron chi connectivity index (χ1n) is 10.2. The molecule has 1 fully saturated rings. The molecule has 0 aliphatic heterocycles. The Morgan fingerprint density at radius 3 is 2.52 bits per heavy atom. The number of carbonyl (C=O) groups is 1. The fraction of sp³-hybridized carbons (Fsp3) is 0.364. The molecule has 1 aliphatic rings. The maximum Gasteiger partial charge on any atom is 0.434 e. The molecule has 1 saturated carbocycles. The quantitative estimate of drug-likeness (QED) is 0.548. The van der Waals surface area contributed by atoms with Gasteiger partial charge in [-0.05, 0) is 31.4 Å². The highest BCUT2D eigenvalue weighted by atomic mass is 19.4. The van der Waals surface area contributed by atoms with Crippen molar-refractivity contribution in [1.29, 1.82) is 0 Å². The predicted octanol–water partition coefficient (Wildman–Crippen LogP) is 3.92. The molecule has 0 atom stereocenters. The lowest BCUT2D eigenvalue weighted by Crippen LogP contribution is -2.43. The highest BCUT2D eigenvalue weighted by molar-refractivity contribution is 5.76. The van der Waals surface area contributed by atoms with Crippen LogP contribution in [0.3, 0.4) is 0 Å². The van der Waals surface area contributed by atoms with E-state index >= 15 is 0 Å². The Bertz CT molecular complexity index is 1170. The Labute approximate surface area is 186 Å². The molecular formula is C22H21F3N4O4. The fourth-order valence-electron chi connectivity index (χ4n) is 3.70. The highest BCUT2D eigenvalue weighted by Gasteiger charge is 2.45. The number of nitrogens with zero attached hydrogens (tertiary/aromatic N) is 4. The summed E-state index contributed by atoms with van der Waals surface area (Å²) in [6.45, 7) is 1.22. The third-order valence-corrected chi connectivity index (χ3v) is 5.87. The topological polar surface area (TPSA) is 110 Å². The molecule has 0 bridgehead atoms. The number of aromatic nitrogens is 4. The summed E-state index contributed by atoms with van der Waals surface area (Å²) in [5, 5.41) is 18.8. The summed E-state index contributed by atoms with van der Waals surface area (Å²) in [6, 6.07) is 4.89. The van der Waals surface area contributed by atoms with E-state index in [1.165, 1.54) is 12.3 Å². The number of rotatable bonds is 7. The van der Waals surface area contributed by atoms with Gasteiger partial charge < -0.3 is 19.5 Å². The molecule has 0 saturated heterocycles. The molecule has 0 unspecified atom stereocenters. The molecule has 8 nitrogen and oxygen atoms in total. The van der Waals surface area contributed by atoms with Crippen molar-refractivity contribution >= 4 is 5.97 Å². The van der Waals surface area contributed by atoms with Crippen LogP contribution in [0.4, 0.5) is 13.2 Å². The molecule has 3 aromatic heterocycles. The molecule has 3 heterocycles. The first-order valence-corrected chi connectivity index (χ1v) is 10.2. The summed E-state index contributed by atoms with van der Waals surface area (Å²) < 4.78 is 45.5. The van der Waals surface area contributed by atoms with Crippen LogP contribution >= 0.6 is 0 Å². The fourth-order valence-corrected chi connectivity index (χ4v) is 3.70. The molecule has 1 aliphatic carbocycles. The normalized spacial score (nSPS) is 15.2. The van der Waals surface area contributed by atoms with Crippen molar-refractivity contribution in [2.24, 2.45) is 5.41 Å². The summed E-state index contributed by atoms with van der Waals surface area (Å²) in [7, 11) is 0. The van der Waals surface area contributed by atoms with Gasteiger partial charge in [-0.2, -0.15) is 13.2 Å². The van der Waals surface area contributed by atoms with Gasteiger partial charge in [-0.3, -0.25) is 9.78 Å². The average molecular weight is 462 g/mol. The van der Waals surface area contributed by atoms with Gasteiger partial charge in [-0.15, -0.1) is 0 Å². The number of halogens is 3. The van der Waals surface area contributed by atoms with Crippen molar-refractivity contribution in [3.05, 3.63) is 48.0 Å². The molecule has 11 heteroatoms. The summed E-state index contributed by atoms with van der Waals surface area (Å²) >= 11 is 0. The van der Waals surface area contributed by atoms with Crippen molar-refractivity contribution in [2.75, 3.05) is 6.61 Å². The molecule has 0 radical (unpaired) electrons. The zero-order valence-electron chi connectivity index (χ0n) is 17.6. The largest absolute Gasteiger partial charge is 0.481 e. The lowest BCUT2D eigenvalue weighted by atomic mass is 9.69. The van der Waals surface area contributed by atoms with Gasteiger partial charge in [0.1, 0.15) is 24.4 Å². The first kappa shape index (κ1) is 22.7. The van der Waals surface area contributed by atoms with Crippen LogP contribution in [-0.4, -0.2) is 42.3 Å². The third kappa shape index (κ3) is 4.40. The van der Waals surface area contributed by atoms with E-state index in [0.717, 1.165) is 28.3 Å². The minimum Gasteiger partial charge on any atom is -0.481 e. The monoisotopic (exact) mass is 462 g/mol. The van der Waals surface area contributed by atoms with Crippen LogP contribution in [0, 0.1) is 12.3 Å². The number of carboxylic acid groups (broad SMARTS) is 1. The molecule has 4 rings (SSSR count). The van der Waals surface area contributed by atoms with Gasteiger partial charge in [0.15, 0.2) is 11.5 Å². The smallest absolute Gasteiger partial charge is 0.434 e. The van der Waals surface area contributed by atoms with Crippen LogP contribution in [0.2, 0.25) is 0 Å². The van der Waals surface area contributed by atoms with Gasteiger partial charge in [0.2, 0.25) is 5.88 Å². The number of alkyl halides is 3. The van der Waals surface area contributed by atoms with Crippen molar-refractivity contribution < 1.29 is 32.9 Å². The third-order valence-electron chi connectivity index (χ3n) is 5.87. The Morgan fingerprint density at radius 2 is 2.00 bits per heavy atom. The maximum absolute atomic E-state index is 13.0. The standard InChI is InChI=1S/C22H21F3N4O4/c1-13-7-18(33-11-21(20(31)32)5-2-6-21)27-9-15(13)14-3-4-16(26-8-14)19-28-17(22(23,24)25)10-29(19)12-30/h3-4,7-10,30H,2,5-6,11-12H2,1H3,(H,31,32). The van der Waals surface area contributed by atoms with Crippen molar-refractivity contribution in [1.82, 2.24) is 19.5 Å². The van der Waals surface area contributed by atoms with Gasteiger partial charge in [-0.25, -0.2) is 9.97 Å². The Morgan fingerprint density at radius 1 is 1.24 bits per heavy atom. The van der Waals surface area contributed by atoms with Crippen LogP contribution in [0.25, 0.3) is 22.6 Å². The minimum absolute atomic E-state index is 0.0573. The summed E-state index contributed by atoms with van der Waals surface area (Å²) in [4.78, 5) is 23.5. The second-order valence-electron chi connectivity index (χ2n) is 8.06. The Hall–Kier alpha value is -3.47. The van der Waals surface area contributed by atoms with E-state index in [9.17, 15) is 28.2 Å². The van der Waals surface area contributed by atoms with E-state index in [-0.39, 0.29) is 18.1 Å². The molecule has 33 heavy (non-hydrogen) atoms. The van der Waals surface area contributed by atoms with Crippen LogP contribution < -0.4 is 4.74 Å². The summed E-state index contributed by atoms with van der Waals surface area (Å²) in [5.74, 6) is -0.645. The number of imidazole rings is 1. The van der Waals surface area contributed by atoms with Gasteiger partial charge >= 0.3 is 12.1 Å². The van der Waals surface area contributed by atoms with E-state index < -0.39 is 30.0 Å². The molecule has 0 aromatic carbocycles. The summed E-state index contributed by atoms with van der Waals surface area (Å²) in [5.41, 5.74) is 0.436. The van der Waals surface area contributed by atoms with Crippen molar-refractivity contribution in [3.8, 4) is 28.5 Å². The van der Waals surface area contributed by atoms with Crippen molar-refractivity contribution in [3.63, 3.8) is 0 Å². The number of hydrogen-bond donors (Lipinski definition) is 2. The molecule has 174 valence electrons.